The van der Waals surface area contributed by atoms with E-state index in [0.29, 0.717) is 22.8 Å². The van der Waals surface area contributed by atoms with Crippen molar-refractivity contribution in [2.75, 3.05) is 21.3 Å². The zero-order valence-electron chi connectivity index (χ0n) is 12.1. The molecule has 0 spiro atoms. The van der Waals surface area contributed by atoms with E-state index < -0.39 is 0 Å². The van der Waals surface area contributed by atoms with Crippen LogP contribution in [0, 0.1) is 0 Å². The SMILES string of the molecule is COc1ccc(C(=O)Sc2ccccc2)c(OC)c1OC. The quantitative estimate of drug-likeness (QED) is 0.789. The molecule has 0 amide bonds. The molecule has 2 aromatic carbocycles. The van der Waals surface area contributed by atoms with Crippen molar-refractivity contribution in [3.8, 4) is 17.2 Å². The van der Waals surface area contributed by atoms with Gasteiger partial charge in [0.2, 0.25) is 10.9 Å². The lowest BCUT2D eigenvalue weighted by atomic mass is 10.2. The lowest BCUT2D eigenvalue weighted by Gasteiger charge is -2.14. The fourth-order valence-electron chi connectivity index (χ4n) is 1.91. The Kier molecular flexibility index (Phi) is 5.11. The highest BCUT2D eigenvalue weighted by molar-refractivity contribution is 8.14. The summed E-state index contributed by atoms with van der Waals surface area (Å²) in [7, 11) is 4.55. The topological polar surface area (TPSA) is 44.8 Å². The third kappa shape index (κ3) is 3.31. The fraction of sp³-hybridized carbons (Fsp3) is 0.188. The van der Waals surface area contributed by atoms with Gasteiger partial charge in [-0.1, -0.05) is 18.2 Å². The van der Waals surface area contributed by atoms with Crippen LogP contribution in [0.1, 0.15) is 10.4 Å². The second-order valence-corrected chi connectivity index (χ2v) is 5.13. The summed E-state index contributed by atoms with van der Waals surface area (Å²) >= 11 is 1.14. The zero-order chi connectivity index (χ0) is 15.2. The van der Waals surface area contributed by atoms with Crippen LogP contribution in [0.15, 0.2) is 47.4 Å². The van der Waals surface area contributed by atoms with Crippen molar-refractivity contribution in [3.05, 3.63) is 48.0 Å². The van der Waals surface area contributed by atoms with Crippen LogP contribution in [0.3, 0.4) is 0 Å². The Balaban J connectivity index is 2.37. The van der Waals surface area contributed by atoms with Crippen molar-refractivity contribution in [1.82, 2.24) is 0 Å². The third-order valence-electron chi connectivity index (χ3n) is 2.88. The molecule has 0 aliphatic carbocycles. The predicted molar refractivity (Wildman–Crippen MR) is 82.7 cm³/mol. The molecule has 2 aromatic rings. The van der Waals surface area contributed by atoms with Gasteiger partial charge in [-0.3, -0.25) is 4.79 Å². The molecule has 0 aromatic heterocycles. The minimum atomic E-state index is -0.112. The standard InChI is InChI=1S/C16H16O4S/c1-18-13-10-9-12(14(19-2)15(13)20-3)16(17)21-11-7-5-4-6-8-11/h4-10H,1-3H3. The normalized spacial score (nSPS) is 10.0. The number of methoxy groups -OCH3 is 3. The van der Waals surface area contributed by atoms with Gasteiger partial charge < -0.3 is 14.2 Å². The van der Waals surface area contributed by atoms with Crippen LogP contribution in [0.5, 0.6) is 17.2 Å². The van der Waals surface area contributed by atoms with Gasteiger partial charge in [-0.15, -0.1) is 0 Å². The van der Waals surface area contributed by atoms with E-state index in [0.717, 1.165) is 16.7 Å². The number of hydrogen-bond donors (Lipinski definition) is 0. The molecule has 0 atom stereocenters. The van der Waals surface area contributed by atoms with Crippen LogP contribution >= 0.6 is 11.8 Å². The molecule has 0 unspecified atom stereocenters. The highest BCUT2D eigenvalue weighted by Crippen LogP contribution is 2.41. The van der Waals surface area contributed by atoms with Crippen LogP contribution in [-0.4, -0.2) is 26.4 Å². The van der Waals surface area contributed by atoms with E-state index in [4.69, 9.17) is 14.2 Å². The van der Waals surface area contributed by atoms with Crippen LogP contribution in [-0.2, 0) is 0 Å². The summed E-state index contributed by atoms with van der Waals surface area (Å²) in [6.45, 7) is 0. The van der Waals surface area contributed by atoms with Gasteiger partial charge in [0, 0.05) is 4.90 Å². The molecule has 5 heteroatoms. The molecule has 0 fully saturated rings. The summed E-state index contributed by atoms with van der Waals surface area (Å²) in [5.74, 6) is 1.32. The van der Waals surface area contributed by atoms with Gasteiger partial charge in [0.05, 0.1) is 26.9 Å². The molecule has 4 nitrogen and oxygen atoms in total. The van der Waals surface area contributed by atoms with E-state index >= 15 is 0 Å². The largest absolute Gasteiger partial charge is 0.493 e. The molecule has 0 aliphatic rings. The Labute approximate surface area is 128 Å². The Morgan fingerprint density at radius 2 is 1.52 bits per heavy atom. The Bertz CT molecular complexity index is 626. The van der Waals surface area contributed by atoms with Crippen LogP contribution in [0.2, 0.25) is 0 Å². The highest BCUT2D eigenvalue weighted by atomic mass is 32.2. The average Bonchev–Trinajstić information content (AvgIpc) is 2.53. The van der Waals surface area contributed by atoms with E-state index in [9.17, 15) is 4.79 Å². The second-order valence-electron chi connectivity index (χ2n) is 4.08. The lowest BCUT2D eigenvalue weighted by molar-refractivity contribution is 0.108. The monoisotopic (exact) mass is 304 g/mol. The predicted octanol–water partition coefficient (Wildman–Crippen LogP) is 3.64. The second kappa shape index (κ2) is 7.04. The lowest BCUT2D eigenvalue weighted by Crippen LogP contribution is -2.02. The van der Waals surface area contributed by atoms with E-state index in [-0.39, 0.29) is 5.12 Å². The van der Waals surface area contributed by atoms with Crippen molar-refractivity contribution in [1.29, 1.82) is 0 Å². The van der Waals surface area contributed by atoms with Gasteiger partial charge >= 0.3 is 0 Å². The Morgan fingerprint density at radius 3 is 2.10 bits per heavy atom. The van der Waals surface area contributed by atoms with Crippen LogP contribution < -0.4 is 14.2 Å². The first-order chi connectivity index (χ1) is 10.2. The maximum atomic E-state index is 12.4. The number of carbonyl (C=O) groups excluding carboxylic acids is 1. The van der Waals surface area contributed by atoms with Gasteiger partial charge in [0.1, 0.15) is 0 Å². The fourth-order valence-corrected chi connectivity index (χ4v) is 2.69. The van der Waals surface area contributed by atoms with Crippen LogP contribution in [0.25, 0.3) is 0 Å². The molecular formula is C16H16O4S. The van der Waals surface area contributed by atoms with E-state index in [1.165, 1.54) is 21.3 Å². The molecule has 110 valence electrons. The molecule has 0 bridgehead atoms. The van der Waals surface area contributed by atoms with Gasteiger partial charge in [0.25, 0.3) is 0 Å². The third-order valence-corrected chi connectivity index (χ3v) is 3.79. The summed E-state index contributed by atoms with van der Waals surface area (Å²) < 4.78 is 15.8. The van der Waals surface area contributed by atoms with Crippen LogP contribution in [0.4, 0.5) is 0 Å². The van der Waals surface area contributed by atoms with Gasteiger partial charge in [-0.2, -0.15) is 0 Å². The minimum absolute atomic E-state index is 0.112. The minimum Gasteiger partial charge on any atom is -0.493 e. The molecule has 21 heavy (non-hydrogen) atoms. The van der Waals surface area contributed by atoms with Gasteiger partial charge in [-0.25, -0.2) is 0 Å². The van der Waals surface area contributed by atoms with E-state index in [1.54, 1.807) is 12.1 Å². The molecule has 0 heterocycles. The number of hydrogen-bond acceptors (Lipinski definition) is 5. The molecule has 0 saturated heterocycles. The average molecular weight is 304 g/mol. The smallest absolute Gasteiger partial charge is 0.227 e. The molecule has 2 rings (SSSR count). The zero-order valence-corrected chi connectivity index (χ0v) is 12.9. The molecule has 0 radical (unpaired) electrons. The highest BCUT2D eigenvalue weighted by Gasteiger charge is 2.21. The Morgan fingerprint density at radius 1 is 0.857 bits per heavy atom. The van der Waals surface area contributed by atoms with Crippen molar-refractivity contribution >= 4 is 16.9 Å². The summed E-state index contributed by atoms with van der Waals surface area (Å²) in [6.07, 6.45) is 0. The summed E-state index contributed by atoms with van der Waals surface area (Å²) in [6, 6.07) is 12.8. The number of carbonyl (C=O) groups is 1. The molecule has 0 saturated carbocycles. The Hall–Kier alpha value is -2.14. The maximum absolute atomic E-state index is 12.4. The molecular weight excluding hydrogens is 288 g/mol. The summed E-state index contributed by atoms with van der Waals surface area (Å²) in [4.78, 5) is 13.3. The van der Waals surface area contributed by atoms with E-state index in [2.05, 4.69) is 0 Å². The number of thioether (sulfide) groups is 1. The van der Waals surface area contributed by atoms with Crippen molar-refractivity contribution in [2.24, 2.45) is 0 Å². The van der Waals surface area contributed by atoms with Crippen molar-refractivity contribution in [3.63, 3.8) is 0 Å². The first-order valence-corrected chi connectivity index (χ1v) is 7.09. The van der Waals surface area contributed by atoms with Crippen molar-refractivity contribution in [2.45, 2.75) is 4.90 Å². The van der Waals surface area contributed by atoms with Gasteiger partial charge in [-0.05, 0) is 36.0 Å². The number of ether oxygens (including phenoxy) is 3. The van der Waals surface area contributed by atoms with Gasteiger partial charge in [0.15, 0.2) is 11.5 Å². The number of rotatable bonds is 5. The molecule has 0 N–H and O–H groups in total. The van der Waals surface area contributed by atoms with E-state index in [1.807, 2.05) is 30.3 Å². The first kappa shape index (κ1) is 15.3. The van der Waals surface area contributed by atoms with Crippen molar-refractivity contribution < 1.29 is 19.0 Å². The summed E-state index contributed by atoms with van der Waals surface area (Å²) in [5.41, 5.74) is 0.448. The first-order valence-electron chi connectivity index (χ1n) is 6.27. The summed E-state index contributed by atoms with van der Waals surface area (Å²) in [5, 5.41) is -0.112. The maximum Gasteiger partial charge on any atom is 0.227 e. The molecule has 0 aliphatic heterocycles. The number of benzene rings is 2.